The van der Waals surface area contributed by atoms with Crippen LogP contribution in [0.5, 0.6) is 11.5 Å². The van der Waals surface area contributed by atoms with Crippen LogP contribution in [0, 0.1) is 0 Å². The number of aromatic hydroxyl groups is 1. The van der Waals surface area contributed by atoms with Gasteiger partial charge in [-0.15, -0.1) is 10.2 Å². The maximum absolute atomic E-state index is 13.6. The van der Waals surface area contributed by atoms with Crippen molar-refractivity contribution in [1.29, 1.82) is 0 Å². The minimum atomic E-state index is -0.437. The molecule has 0 spiro atoms. The number of unbranched alkanes of at least 4 members (excludes halogenated alkanes) is 5. The van der Waals surface area contributed by atoms with Crippen molar-refractivity contribution in [1.82, 2.24) is 5.32 Å². The van der Waals surface area contributed by atoms with Gasteiger partial charge in [-0.25, -0.2) is 0 Å². The number of ether oxygens (including phenoxy) is 1. The Balaban J connectivity index is 1.30. The van der Waals surface area contributed by atoms with E-state index in [1.54, 1.807) is 36.4 Å². The van der Waals surface area contributed by atoms with Gasteiger partial charge in [0.1, 0.15) is 17.1 Å². The fourth-order valence-corrected chi connectivity index (χ4v) is 6.24. The molecule has 6 rings (SSSR count). The van der Waals surface area contributed by atoms with E-state index in [9.17, 15) is 14.7 Å². The van der Waals surface area contributed by atoms with Gasteiger partial charge in [0.05, 0.1) is 25.0 Å². The Hall–Kier alpha value is -6.26. The smallest absolute Gasteiger partial charge is 0.255 e. The molecular weight excluding hydrogens is 679 g/mol. The number of amides is 2. The van der Waals surface area contributed by atoms with Crippen LogP contribution in [0.3, 0.4) is 0 Å². The molecule has 0 heterocycles. The molecule has 4 N–H and O–H groups in total. The standard InChI is InChI=1S/C44H45N5O5/c1-3-4-5-6-7-13-25-45-44(52)37-28-33-27-32(43(51)46-38-20-14-16-31-15-11-12-19-35(31)38)22-23-36(33)41(42(37)50)48-47-39-26-30(21-24-40(39)53-2)29-54-49-34-17-9-8-10-18-34/h8-12,14-24,26-28,49-50H,3-7,13,25,29H2,1-2H3,(H,45,52)(H,46,51). The number of carbonyl (C=O) groups is 2. The van der Waals surface area contributed by atoms with Crippen molar-refractivity contribution in [3.8, 4) is 11.5 Å². The predicted molar refractivity (Wildman–Crippen MR) is 215 cm³/mol. The molecule has 0 radical (unpaired) electrons. The fraction of sp³-hybridized carbons (Fsp3) is 0.227. The number of hydrogen-bond donors (Lipinski definition) is 4. The van der Waals surface area contributed by atoms with Crippen LogP contribution in [-0.2, 0) is 11.4 Å². The van der Waals surface area contributed by atoms with Crippen LogP contribution in [0.25, 0.3) is 21.5 Å². The van der Waals surface area contributed by atoms with Crippen molar-refractivity contribution in [2.24, 2.45) is 10.2 Å². The zero-order valence-corrected chi connectivity index (χ0v) is 30.6. The van der Waals surface area contributed by atoms with Gasteiger partial charge in [-0.1, -0.05) is 106 Å². The van der Waals surface area contributed by atoms with Crippen LogP contribution in [0.1, 0.15) is 71.7 Å². The first-order valence-corrected chi connectivity index (χ1v) is 18.3. The zero-order chi connectivity index (χ0) is 37.7. The molecule has 0 aromatic heterocycles. The maximum Gasteiger partial charge on any atom is 0.255 e. The highest BCUT2D eigenvalue weighted by molar-refractivity contribution is 6.12. The highest BCUT2D eigenvalue weighted by Crippen LogP contribution is 2.41. The topological polar surface area (TPSA) is 134 Å². The lowest BCUT2D eigenvalue weighted by Gasteiger charge is -2.13. The molecule has 0 aliphatic rings. The van der Waals surface area contributed by atoms with Gasteiger partial charge in [-0.2, -0.15) is 0 Å². The van der Waals surface area contributed by atoms with Crippen LogP contribution in [-0.4, -0.2) is 30.6 Å². The Morgan fingerprint density at radius 1 is 0.722 bits per heavy atom. The van der Waals surface area contributed by atoms with Gasteiger partial charge >= 0.3 is 0 Å². The Morgan fingerprint density at radius 3 is 2.33 bits per heavy atom. The number of hydrogen-bond acceptors (Lipinski definition) is 8. The number of phenols is 1. The van der Waals surface area contributed by atoms with Gasteiger partial charge in [0.15, 0.2) is 5.75 Å². The van der Waals surface area contributed by atoms with E-state index in [-0.39, 0.29) is 29.5 Å². The number of carbonyl (C=O) groups excluding carboxylic acids is 2. The first-order chi connectivity index (χ1) is 26.4. The number of fused-ring (bicyclic) bond motifs is 2. The van der Waals surface area contributed by atoms with Gasteiger partial charge in [-0.3, -0.25) is 19.9 Å². The summed E-state index contributed by atoms with van der Waals surface area (Å²) in [6.45, 7) is 2.88. The molecule has 0 aliphatic heterocycles. The molecule has 0 saturated heterocycles. The average Bonchev–Trinajstić information content (AvgIpc) is 3.20. The van der Waals surface area contributed by atoms with E-state index in [1.165, 1.54) is 26.4 Å². The lowest BCUT2D eigenvalue weighted by Crippen LogP contribution is -2.24. The van der Waals surface area contributed by atoms with Crippen molar-refractivity contribution < 1.29 is 24.3 Å². The van der Waals surface area contributed by atoms with Crippen LogP contribution in [0.4, 0.5) is 22.7 Å². The molecule has 0 atom stereocenters. The minimum absolute atomic E-state index is 0.0372. The van der Waals surface area contributed by atoms with Crippen molar-refractivity contribution in [2.45, 2.75) is 52.1 Å². The average molecular weight is 724 g/mol. The highest BCUT2D eigenvalue weighted by atomic mass is 16.6. The lowest BCUT2D eigenvalue weighted by atomic mass is 10.00. The third-order valence-electron chi connectivity index (χ3n) is 9.15. The molecule has 10 nitrogen and oxygen atoms in total. The van der Waals surface area contributed by atoms with Crippen LogP contribution < -0.4 is 20.9 Å². The fourth-order valence-electron chi connectivity index (χ4n) is 6.24. The maximum atomic E-state index is 13.6. The summed E-state index contributed by atoms with van der Waals surface area (Å²) in [6.07, 6.45) is 6.49. The Morgan fingerprint density at radius 2 is 1.50 bits per heavy atom. The van der Waals surface area contributed by atoms with Gasteiger partial charge in [0, 0.05) is 28.6 Å². The van der Waals surface area contributed by atoms with Crippen LogP contribution >= 0.6 is 0 Å². The molecule has 2 amide bonds. The van der Waals surface area contributed by atoms with Crippen molar-refractivity contribution in [2.75, 3.05) is 24.5 Å². The number of azo groups is 1. The third-order valence-corrected chi connectivity index (χ3v) is 9.15. The Labute approximate surface area is 315 Å². The summed E-state index contributed by atoms with van der Waals surface area (Å²) < 4.78 is 5.56. The molecule has 10 heteroatoms. The first kappa shape index (κ1) is 37.5. The molecule has 0 aliphatic carbocycles. The highest BCUT2D eigenvalue weighted by Gasteiger charge is 2.20. The zero-order valence-electron chi connectivity index (χ0n) is 30.6. The summed E-state index contributed by atoms with van der Waals surface area (Å²) in [6, 6.07) is 35.2. The van der Waals surface area contributed by atoms with E-state index < -0.39 is 5.91 Å². The van der Waals surface area contributed by atoms with Crippen molar-refractivity contribution in [3.05, 3.63) is 132 Å². The van der Waals surface area contributed by atoms with E-state index in [0.29, 0.717) is 40.0 Å². The molecule has 0 unspecified atom stereocenters. The third kappa shape index (κ3) is 9.39. The molecular formula is C44H45N5O5. The van der Waals surface area contributed by atoms with Crippen LogP contribution in [0.15, 0.2) is 125 Å². The minimum Gasteiger partial charge on any atom is -0.505 e. The quantitative estimate of drug-likeness (QED) is 0.0420. The summed E-state index contributed by atoms with van der Waals surface area (Å²) in [5, 5.41) is 29.5. The van der Waals surface area contributed by atoms with Gasteiger partial charge < -0.3 is 20.5 Å². The molecule has 6 aromatic rings. The van der Waals surface area contributed by atoms with E-state index in [4.69, 9.17) is 9.57 Å². The molecule has 54 heavy (non-hydrogen) atoms. The second kappa shape index (κ2) is 18.5. The Bertz CT molecular complexity index is 2250. The Kier molecular flexibility index (Phi) is 12.8. The first-order valence-electron chi connectivity index (χ1n) is 18.3. The summed E-state index contributed by atoms with van der Waals surface area (Å²) in [5.74, 6) is -0.607. The molecule has 0 fully saturated rings. The van der Waals surface area contributed by atoms with E-state index in [0.717, 1.165) is 41.3 Å². The number of methoxy groups -OCH3 is 1. The number of rotatable bonds is 17. The molecule has 276 valence electrons. The normalized spacial score (nSPS) is 11.2. The lowest BCUT2D eigenvalue weighted by molar-refractivity contribution is 0.0949. The van der Waals surface area contributed by atoms with Gasteiger partial charge in [0.2, 0.25) is 0 Å². The van der Waals surface area contributed by atoms with E-state index in [1.807, 2.05) is 78.9 Å². The number of phenolic OH excluding ortho intramolecular Hbond substituents is 1. The number of para-hydroxylation sites is 1. The van der Waals surface area contributed by atoms with Gasteiger partial charge in [0.25, 0.3) is 11.8 Å². The molecule has 0 bridgehead atoms. The van der Waals surface area contributed by atoms with E-state index in [2.05, 4.69) is 33.3 Å². The second-order valence-corrected chi connectivity index (χ2v) is 13.0. The van der Waals surface area contributed by atoms with Crippen LogP contribution in [0.2, 0.25) is 0 Å². The van der Waals surface area contributed by atoms with Crippen molar-refractivity contribution >= 4 is 56.1 Å². The largest absolute Gasteiger partial charge is 0.505 e. The summed E-state index contributed by atoms with van der Waals surface area (Å²) in [7, 11) is 1.54. The van der Waals surface area contributed by atoms with Gasteiger partial charge in [-0.05, 0) is 71.3 Å². The predicted octanol–water partition coefficient (Wildman–Crippen LogP) is 11.0. The second-order valence-electron chi connectivity index (χ2n) is 13.0. The van der Waals surface area contributed by atoms with E-state index >= 15 is 0 Å². The monoisotopic (exact) mass is 723 g/mol. The number of benzene rings is 6. The summed E-state index contributed by atoms with van der Waals surface area (Å²) in [5.41, 5.74) is 6.12. The molecule has 6 aromatic carbocycles. The number of anilines is 2. The van der Waals surface area contributed by atoms with Crippen molar-refractivity contribution in [3.63, 3.8) is 0 Å². The molecule has 0 saturated carbocycles. The number of nitrogens with zero attached hydrogens (tertiary/aromatic N) is 2. The summed E-state index contributed by atoms with van der Waals surface area (Å²) in [4.78, 5) is 32.8. The SMILES string of the molecule is CCCCCCCCNC(=O)c1cc2cc(C(=O)Nc3cccc4ccccc34)ccc2c(N=Nc2cc(CONc3ccccc3)ccc2OC)c1O. The summed E-state index contributed by atoms with van der Waals surface area (Å²) >= 11 is 0. The number of nitrogens with one attached hydrogen (secondary N) is 3.